The van der Waals surface area contributed by atoms with Gasteiger partial charge in [-0.3, -0.25) is 0 Å². The number of likely N-dealkylation sites (tertiary alicyclic amines) is 1. The zero-order valence-electron chi connectivity index (χ0n) is 12.9. The van der Waals surface area contributed by atoms with Crippen molar-refractivity contribution in [2.24, 2.45) is 5.92 Å². The van der Waals surface area contributed by atoms with Gasteiger partial charge < -0.3 is 10.2 Å². The fraction of sp³-hybridized carbons (Fsp3) is 0.647. The Balaban J connectivity index is 2.07. The molecule has 1 fully saturated rings. The molecule has 0 bridgehead atoms. The highest BCUT2D eigenvalue weighted by molar-refractivity contribution is 5.33. The van der Waals surface area contributed by atoms with Gasteiger partial charge in [-0.1, -0.05) is 30.7 Å². The van der Waals surface area contributed by atoms with Gasteiger partial charge in [0.2, 0.25) is 0 Å². The van der Waals surface area contributed by atoms with Crippen molar-refractivity contribution in [2.75, 3.05) is 26.7 Å². The van der Waals surface area contributed by atoms with Crippen molar-refractivity contribution in [1.29, 1.82) is 0 Å². The molecule has 106 valence electrons. The van der Waals surface area contributed by atoms with E-state index in [0.29, 0.717) is 6.04 Å². The third-order valence-electron chi connectivity index (χ3n) is 4.33. The predicted molar refractivity (Wildman–Crippen MR) is 82.6 cm³/mol. The monoisotopic (exact) mass is 260 g/mol. The fourth-order valence-corrected chi connectivity index (χ4v) is 3.27. The van der Waals surface area contributed by atoms with Crippen molar-refractivity contribution in [2.45, 2.75) is 39.7 Å². The van der Waals surface area contributed by atoms with Crippen LogP contribution in [0.3, 0.4) is 0 Å². The van der Waals surface area contributed by atoms with E-state index in [9.17, 15) is 0 Å². The highest BCUT2D eigenvalue weighted by atomic mass is 15.2. The van der Waals surface area contributed by atoms with Gasteiger partial charge in [0, 0.05) is 19.1 Å². The van der Waals surface area contributed by atoms with Crippen LogP contribution in [0.15, 0.2) is 18.2 Å². The average Bonchev–Trinajstić information content (AvgIpc) is 2.37. The van der Waals surface area contributed by atoms with Gasteiger partial charge >= 0.3 is 0 Å². The number of hydrogen-bond acceptors (Lipinski definition) is 2. The Labute approximate surface area is 118 Å². The highest BCUT2D eigenvalue weighted by Crippen LogP contribution is 2.22. The number of rotatable bonds is 4. The lowest BCUT2D eigenvalue weighted by Crippen LogP contribution is -2.40. The molecule has 1 saturated heterocycles. The second-order valence-corrected chi connectivity index (χ2v) is 6.21. The van der Waals surface area contributed by atoms with Gasteiger partial charge in [0.05, 0.1) is 0 Å². The summed E-state index contributed by atoms with van der Waals surface area (Å²) in [5.74, 6) is 0.852. The minimum atomic E-state index is 0.450. The van der Waals surface area contributed by atoms with E-state index >= 15 is 0 Å². The molecule has 2 unspecified atom stereocenters. The third kappa shape index (κ3) is 3.80. The van der Waals surface area contributed by atoms with Crippen molar-refractivity contribution < 1.29 is 0 Å². The first kappa shape index (κ1) is 14.5. The zero-order chi connectivity index (χ0) is 13.8. The smallest absolute Gasteiger partial charge is 0.0449 e. The standard InChI is InChI=1S/C17H28N2/c1-13-7-8-16(15(3)10-13)17(18-4)12-19-9-5-6-14(2)11-19/h7-8,10,14,17-18H,5-6,9,11-12H2,1-4H3. The highest BCUT2D eigenvalue weighted by Gasteiger charge is 2.20. The van der Waals surface area contributed by atoms with E-state index in [1.807, 2.05) is 0 Å². The van der Waals surface area contributed by atoms with E-state index in [-0.39, 0.29) is 0 Å². The second kappa shape index (κ2) is 6.53. The van der Waals surface area contributed by atoms with Crippen LogP contribution in [0.1, 0.15) is 42.5 Å². The number of nitrogens with zero attached hydrogens (tertiary/aromatic N) is 1. The number of hydrogen-bond donors (Lipinski definition) is 1. The van der Waals surface area contributed by atoms with Crippen LogP contribution >= 0.6 is 0 Å². The van der Waals surface area contributed by atoms with Crippen LogP contribution in [-0.2, 0) is 0 Å². The van der Waals surface area contributed by atoms with Gasteiger partial charge in [-0.2, -0.15) is 0 Å². The molecule has 1 N–H and O–H groups in total. The molecule has 2 nitrogen and oxygen atoms in total. The molecule has 0 spiro atoms. The molecule has 2 rings (SSSR count). The molecule has 0 radical (unpaired) electrons. The van der Waals surface area contributed by atoms with Gasteiger partial charge in [-0.25, -0.2) is 0 Å². The van der Waals surface area contributed by atoms with Crippen molar-refractivity contribution in [3.63, 3.8) is 0 Å². The van der Waals surface area contributed by atoms with Crippen molar-refractivity contribution >= 4 is 0 Å². The van der Waals surface area contributed by atoms with Crippen LogP contribution in [0, 0.1) is 19.8 Å². The van der Waals surface area contributed by atoms with Crippen molar-refractivity contribution in [1.82, 2.24) is 10.2 Å². The Morgan fingerprint density at radius 3 is 2.79 bits per heavy atom. The summed E-state index contributed by atoms with van der Waals surface area (Å²) in [6.45, 7) is 10.4. The van der Waals surface area contributed by atoms with Gasteiger partial charge in [0.15, 0.2) is 0 Å². The molecule has 1 aliphatic rings. The van der Waals surface area contributed by atoms with Crippen LogP contribution in [0.2, 0.25) is 0 Å². The topological polar surface area (TPSA) is 15.3 Å². The first-order valence-corrected chi connectivity index (χ1v) is 7.57. The Morgan fingerprint density at radius 1 is 1.37 bits per heavy atom. The number of likely N-dealkylation sites (N-methyl/N-ethyl adjacent to an activating group) is 1. The Hall–Kier alpha value is -0.860. The molecular weight excluding hydrogens is 232 g/mol. The summed E-state index contributed by atoms with van der Waals surface area (Å²) in [4.78, 5) is 2.62. The quantitative estimate of drug-likeness (QED) is 0.893. The Morgan fingerprint density at radius 2 is 2.16 bits per heavy atom. The molecule has 0 aromatic heterocycles. The van der Waals surface area contributed by atoms with E-state index < -0.39 is 0 Å². The van der Waals surface area contributed by atoms with Gasteiger partial charge in [0.25, 0.3) is 0 Å². The Bertz CT molecular complexity index is 414. The van der Waals surface area contributed by atoms with Crippen LogP contribution in [0.4, 0.5) is 0 Å². The summed E-state index contributed by atoms with van der Waals surface area (Å²) in [6, 6.07) is 7.26. The average molecular weight is 260 g/mol. The lowest BCUT2D eigenvalue weighted by molar-refractivity contribution is 0.168. The van der Waals surface area contributed by atoms with Crippen molar-refractivity contribution in [3.8, 4) is 0 Å². The van der Waals surface area contributed by atoms with E-state index in [1.165, 1.54) is 42.6 Å². The molecule has 0 aliphatic carbocycles. The lowest BCUT2D eigenvalue weighted by Gasteiger charge is -2.34. The maximum absolute atomic E-state index is 3.50. The lowest BCUT2D eigenvalue weighted by atomic mass is 9.96. The first-order chi connectivity index (χ1) is 9.10. The van der Waals surface area contributed by atoms with Gasteiger partial charge in [-0.15, -0.1) is 0 Å². The van der Waals surface area contributed by atoms with E-state index in [0.717, 1.165) is 12.5 Å². The third-order valence-corrected chi connectivity index (χ3v) is 4.33. The molecule has 1 heterocycles. The number of aryl methyl sites for hydroxylation is 2. The first-order valence-electron chi connectivity index (χ1n) is 7.57. The molecule has 1 aromatic carbocycles. The van der Waals surface area contributed by atoms with Gasteiger partial charge in [-0.05, 0) is 57.3 Å². The number of benzene rings is 1. The van der Waals surface area contributed by atoms with Crippen LogP contribution < -0.4 is 5.32 Å². The largest absolute Gasteiger partial charge is 0.312 e. The number of nitrogens with one attached hydrogen (secondary N) is 1. The SMILES string of the molecule is CNC(CN1CCCC(C)C1)c1ccc(C)cc1C. The zero-order valence-corrected chi connectivity index (χ0v) is 12.9. The normalized spacial score (nSPS) is 22.4. The maximum Gasteiger partial charge on any atom is 0.0449 e. The molecule has 0 saturated carbocycles. The van der Waals surface area contributed by atoms with Crippen LogP contribution in [-0.4, -0.2) is 31.6 Å². The predicted octanol–water partition coefficient (Wildman–Crippen LogP) is 3.30. The fourth-order valence-electron chi connectivity index (χ4n) is 3.27. The molecule has 2 atom stereocenters. The molecule has 1 aromatic rings. The molecule has 1 aliphatic heterocycles. The van der Waals surface area contributed by atoms with Gasteiger partial charge in [0.1, 0.15) is 0 Å². The molecule has 0 amide bonds. The number of piperidine rings is 1. The molecule has 19 heavy (non-hydrogen) atoms. The summed E-state index contributed by atoms with van der Waals surface area (Å²) in [5, 5.41) is 3.50. The van der Waals surface area contributed by atoms with Crippen LogP contribution in [0.25, 0.3) is 0 Å². The van der Waals surface area contributed by atoms with E-state index in [1.54, 1.807) is 0 Å². The summed E-state index contributed by atoms with van der Waals surface area (Å²) in [6.07, 6.45) is 2.74. The summed E-state index contributed by atoms with van der Waals surface area (Å²) < 4.78 is 0. The molecule has 2 heteroatoms. The van der Waals surface area contributed by atoms with Crippen LogP contribution in [0.5, 0.6) is 0 Å². The Kier molecular flexibility index (Phi) is 5.00. The van der Waals surface area contributed by atoms with Crippen molar-refractivity contribution in [3.05, 3.63) is 34.9 Å². The van der Waals surface area contributed by atoms with E-state index in [4.69, 9.17) is 0 Å². The molecular formula is C17H28N2. The maximum atomic E-state index is 3.50. The summed E-state index contributed by atoms with van der Waals surface area (Å²) in [5.41, 5.74) is 4.21. The minimum absolute atomic E-state index is 0.450. The minimum Gasteiger partial charge on any atom is -0.312 e. The summed E-state index contributed by atoms with van der Waals surface area (Å²) >= 11 is 0. The second-order valence-electron chi connectivity index (χ2n) is 6.21. The summed E-state index contributed by atoms with van der Waals surface area (Å²) in [7, 11) is 2.08. The van der Waals surface area contributed by atoms with E-state index in [2.05, 4.69) is 56.2 Å².